The zero-order chi connectivity index (χ0) is 16.9. The molecule has 0 aliphatic rings. The maximum Gasteiger partial charge on any atom is 0.293 e. The summed E-state index contributed by atoms with van der Waals surface area (Å²) < 4.78 is 5.22. The number of nitrogens with zero attached hydrogens (tertiary/aromatic N) is 2. The molecule has 5 heteroatoms. The Morgan fingerprint density at radius 3 is 2.50 bits per heavy atom. The van der Waals surface area contributed by atoms with Gasteiger partial charge in [0.25, 0.3) is 5.91 Å². The molecule has 3 rings (SSSR count). The molecule has 0 aliphatic carbocycles. The Hall–Kier alpha value is -3.21. The highest BCUT2D eigenvalue weighted by Crippen LogP contribution is 2.19. The summed E-state index contributed by atoms with van der Waals surface area (Å²) in [7, 11) is 0. The number of amides is 1. The molecule has 0 spiro atoms. The van der Waals surface area contributed by atoms with Crippen LogP contribution in [0, 0.1) is 6.92 Å². The first-order chi connectivity index (χ1) is 11.6. The molecule has 0 saturated heterocycles. The normalized spacial score (nSPS) is 11.3. The third-order valence-corrected chi connectivity index (χ3v) is 3.60. The summed E-state index contributed by atoms with van der Waals surface area (Å²) in [6, 6.07) is 19.0. The molecule has 120 valence electrons. The van der Waals surface area contributed by atoms with Crippen LogP contribution in [-0.2, 0) is 0 Å². The zero-order valence-corrected chi connectivity index (χ0v) is 13.5. The number of benzene rings is 2. The molecule has 0 unspecified atom stereocenters. The molecular formula is C19H17N3O2. The molecule has 0 bridgehead atoms. The van der Waals surface area contributed by atoms with Gasteiger partial charge < -0.3 is 4.52 Å². The fourth-order valence-electron chi connectivity index (χ4n) is 2.17. The van der Waals surface area contributed by atoms with Crippen molar-refractivity contribution in [2.24, 2.45) is 5.10 Å². The molecule has 3 aromatic rings. The molecule has 0 aliphatic heterocycles. The Morgan fingerprint density at radius 2 is 1.79 bits per heavy atom. The Labute approximate surface area is 140 Å². The molecule has 0 radical (unpaired) electrons. The second-order valence-corrected chi connectivity index (χ2v) is 5.45. The van der Waals surface area contributed by atoms with Crippen LogP contribution in [-0.4, -0.2) is 16.8 Å². The van der Waals surface area contributed by atoms with Crippen molar-refractivity contribution in [1.82, 2.24) is 10.6 Å². The smallest absolute Gasteiger partial charge is 0.293 e. The summed E-state index contributed by atoms with van der Waals surface area (Å²) in [6.45, 7) is 3.86. The zero-order valence-electron chi connectivity index (χ0n) is 13.5. The van der Waals surface area contributed by atoms with Crippen molar-refractivity contribution >= 4 is 11.6 Å². The lowest BCUT2D eigenvalue weighted by atomic mass is 10.1. The molecule has 0 saturated carbocycles. The van der Waals surface area contributed by atoms with E-state index in [1.165, 1.54) is 5.56 Å². The molecule has 1 heterocycles. The van der Waals surface area contributed by atoms with E-state index in [-0.39, 0.29) is 5.69 Å². The first-order valence-electron chi connectivity index (χ1n) is 7.57. The monoisotopic (exact) mass is 319 g/mol. The standard InChI is InChI=1S/C19H17N3O2/c1-13-8-10-15(11-9-13)14(2)20-21-19(23)17-12-18(24-22-17)16-6-4-3-5-7-16/h3-12H,1-2H3,(H,21,23)/b20-14+. The number of aromatic nitrogens is 1. The van der Waals surface area contributed by atoms with E-state index in [4.69, 9.17) is 4.52 Å². The lowest BCUT2D eigenvalue weighted by Crippen LogP contribution is -2.19. The lowest BCUT2D eigenvalue weighted by molar-refractivity contribution is 0.0946. The lowest BCUT2D eigenvalue weighted by Gasteiger charge is -2.02. The predicted octanol–water partition coefficient (Wildman–Crippen LogP) is 3.80. The Kier molecular flexibility index (Phi) is 4.52. The maximum absolute atomic E-state index is 12.1. The van der Waals surface area contributed by atoms with Gasteiger partial charge >= 0.3 is 0 Å². The van der Waals surface area contributed by atoms with Crippen LogP contribution >= 0.6 is 0 Å². The van der Waals surface area contributed by atoms with Crippen molar-refractivity contribution in [3.8, 4) is 11.3 Å². The van der Waals surface area contributed by atoms with Gasteiger partial charge in [0.15, 0.2) is 11.5 Å². The summed E-state index contributed by atoms with van der Waals surface area (Å²) in [5.74, 6) is 0.132. The topological polar surface area (TPSA) is 67.5 Å². The van der Waals surface area contributed by atoms with E-state index >= 15 is 0 Å². The molecular weight excluding hydrogens is 302 g/mol. The molecule has 1 N–H and O–H groups in total. The largest absolute Gasteiger partial charge is 0.355 e. The van der Waals surface area contributed by atoms with E-state index in [0.29, 0.717) is 5.76 Å². The van der Waals surface area contributed by atoms with Crippen LogP contribution in [0.4, 0.5) is 0 Å². The average molecular weight is 319 g/mol. The van der Waals surface area contributed by atoms with Gasteiger partial charge in [0.05, 0.1) is 5.71 Å². The molecule has 24 heavy (non-hydrogen) atoms. The maximum atomic E-state index is 12.1. The molecule has 0 atom stereocenters. The van der Waals surface area contributed by atoms with Crippen LogP contribution in [0.1, 0.15) is 28.5 Å². The van der Waals surface area contributed by atoms with E-state index in [2.05, 4.69) is 15.7 Å². The molecule has 0 fully saturated rings. The van der Waals surface area contributed by atoms with E-state index in [1.807, 2.05) is 68.4 Å². The number of hydrogen-bond donors (Lipinski definition) is 1. The van der Waals surface area contributed by atoms with Crippen molar-refractivity contribution in [2.75, 3.05) is 0 Å². The van der Waals surface area contributed by atoms with Crippen LogP contribution in [0.25, 0.3) is 11.3 Å². The van der Waals surface area contributed by atoms with Gasteiger partial charge in [-0.1, -0.05) is 65.3 Å². The first kappa shape index (κ1) is 15.7. The van der Waals surface area contributed by atoms with E-state index in [0.717, 1.165) is 16.8 Å². The Morgan fingerprint density at radius 1 is 1.08 bits per heavy atom. The highest BCUT2D eigenvalue weighted by atomic mass is 16.5. The van der Waals surface area contributed by atoms with Gasteiger partial charge in [-0.2, -0.15) is 5.10 Å². The summed E-state index contributed by atoms with van der Waals surface area (Å²) in [5, 5.41) is 7.92. The van der Waals surface area contributed by atoms with Crippen LogP contribution in [0.2, 0.25) is 0 Å². The second kappa shape index (κ2) is 6.91. The van der Waals surface area contributed by atoms with E-state index < -0.39 is 5.91 Å². The first-order valence-corrected chi connectivity index (χ1v) is 7.57. The van der Waals surface area contributed by atoms with Gasteiger partial charge in [-0.15, -0.1) is 0 Å². The summed E-state index contributed by atoms with van der Waals surface area (Å²) in [4.78, 5) is 12.1. The van der Waals surface area contributed by atoms with Crippen LogP contribution in [0.5, 0.6) is 0 Å². The Balaban J connectivity index is 1.70. The van der Waals surface area contributed by atoms with E-state index in [9.17, 15) is 4.79 Å². The fraction of sp³-hybridized carbons (Fsp3) is 0.105. The van der Waals surface area contributed by atoms with Gasteiger partial charge in [0.1, 0.15) is 0 Å². The Bertz CT molecular complexity index is 865. The summed E-state index contributed by atoms with van der Waals surface area (Å²) in [6.07, 6.45) is 0. The second-order valence-electron chi connectivity index (χ2n) is 5.45. The van der Waals surface area contributed by atoms with Gasteiger partial charge in [0, 0.05) is 11.6 Å². The predicted molar refractivity (Wildman–Crippen MR) is 92.8 cm³/mol. The fourth-order valence-corrected chi connectivity index (χ4v) is 2.17. The van der Waals surface area contributed by atoms with Crippen LogP contribution in [0.15, 0.2) is 70.3 Å². The number of rotatable bonds is 4. The van der Waals surface area contributed by atoms with Gasteiger partial charge in [-0.3, -0.25) is 4.79 Å². The minimum atomic E-state index is -0.410. The van der Waals surface area contributed by atoms with Gasteiger partial charge in [-0.25, -0.2) is 5.43 Å². The van der Waals surface area contributed by atoms with Crippen molar-refractivity contribution in [3.63, 3.8) is 0 Å². The van der Waals surface area contributed by atoms with Crippen LogP contribution < -0.4 is 5.43 Å². The van der Waals surface area contributed by atoms with Crippen molar-refractivity contribution in [2.45, 2.75) is 13.8 Å². The van der Waals surface area contributed by atoms with E-state index in [1.54, 1.807) is 6.07 Å². The highest BCUT2D eigenvalue weighted by molar-refractivity contribution is 6.00. The SMILES string of the molecule is C/C(=N\NC(=O)c1cc(-c2ccccc2)on1)c1ccc(C)cc1. The highest BCUT2D eigenvalue weighted by Gasteiger charge is 2.13. The average Bonchev–Trinajstić information content (AvgIpc) is 3.11. The van der Waals surface area contributed by atoms with Crippen LogP contribution in [0.3, 0.4) is 0 Å². The number of aryl methyl sites for hydroxylation is 1. The number of hydrogen-bond acceptors (Lipinski definition) is 4. The molecule has 1 aromatic heterocycles. The summed E-state index contributed by atoms with van der Waals surface area (Å²) in [5.41, 5.74) is 6.40. The summed E-state index contributed by atoms with van der Waals surface area (Å²) >= 11 is 0. The molecule has 1 amide bonds. The number of carbonyl (C=O) groups is 1. The van der Waals surface area contributed by atoms with Crippen molar-refractivity contribution in [3.05, 3.63) is 77.5 Å². The van der Waals surface area contributed by atoms with Crippen molar-refractivity contribution < 1.29 is 9.32 Å². The number of carbonyl (C=O) groups excluding carboxylic acids is 1. The minimum Gasteiger partial charge on any atom is -0.355 e. The minimum absolute atomic E-state index is 0.189. The quantitative estimate of drug-likeness (QED) is 0.587. The third kappa shape index (κ3) is 3.57. The third-order valence-electron chi connectivity index (χ3n) is 3.60. The number of hydrazone groups is 1. The molecule has 5 nitrogen and oxygen atoms in total. The molecule has 2 aromatic carbocycles. The van der Waals surface area contributed by atoms with Crippen molar-refractivity contribution in [1.29, 1.82) is 0 Å². The van der Waals surface area contributed by atoms with Gasteiger partial charge in [0.2, 0.25) is 0 Å². The number of nitrogens with one attached hydrogen (secondary N) is 1. The van der Waals surface area contributed by atoms with Gasteiger partial charge in [-0.05, 0) is 19.4 Å².